The number of amides is 4. The predicted molar refractivity (Wildman–Crippen MR) is 151 cm³/mol. The molecule has 3 heterocycles. The predicted octanol–water partition coefficient (Wildman–Crippen LogP) is 2.45. The number of aromatic nitrogens is 2. The molecule has 2 aliphatic heterocycles. The van der Waals surface area contributed by atoms with Gasteiger partial charge in [-0.25, -0.2) is 9.78 Å². The number of H-pyrrole nitrogens is 1. The summed E-state index contributed by atoms with van der Waals surface area (Å²) in [6, 6.07) is 20.9. The number of urea groups is 1. The van der Waals surface area contributed by atoms with Gasteiger partial charge in [0, 0.05) is 26.6 Å². The number of nitrogens with zero attached hydrogens (tertiary/aromatic N) is 5. The number of piperazine rings is 1. The molecule has 3 aromatic carbocycles. The zero-order chi connectivity index (χ0) is 28.5. The maximum Gasteiger partial charge on any atom is 0.332 e. The maximum absolute atomic E-state index is 14.0. The average molecular weight is 554 g/mol. The zero-order valence-electron chi connectivity index (χ0n) is 22.6. The molecule has 3 N–H and O–H groups in total. The Labute approximate surface area is 236 Å². The molecule has 0 saturated carbocycles. The number of hydrogen-bond donors (Lipinski definition) is 3. The third kappa shape index (κ3) is 5.19. The SMILES string of the molecule is CN(C(=O)NCc1ccccc1)N1CC(=O)N2[C@@H](Cc3ccc(O)cc3)C(=O)N(Cc3cccc4[nH]cnc34)C[C@@H]21. The minimum atomic E-state index is -0.769. The fourth-order valence-electron chi connectivity index (χ4n) is 5.67. The molecule has 2 saturated heterocycles. The largest absolute Gasteiger partial charge is 0.508 e. The lowest BCUT2D eigenvalue weighted by molar-refractivity contribution is -0.157. The van der Waals surface area contributed by atoms with E-state index in [-0.39, 0.29) is 43.1 Å². The normalized spacial score (nSPS) is 19.0. The average Bonchev–Trinajstić information content (AvgIpc) is 3.60. The summed E-state index contributed by atoms with van der Waals surface area (Å²) in [6.45, 7) is 0.862. The summed E-state index contributed by atoms with van der Waals surface area (Å²) >= 11 is 0. The van der Waals surface area contributed by atoms with Crippen LogP contribution in [0.15, 0.2) is 79.1 Å². The molecule has 11 nitrogen and oxygen atoms in total. The summed E-state index contributed by atoms with van der Waals surface area (Å²) in [7, 11) is 1.64. The van der Waals surface area contributed by atoms with Crippen LogP contribution < -0.4 is 5.32 Å². The van der Waals surface area contributed by atoms with Crippen molar-refractivity contribution in [2.75, 3.05) is 20.1 Å². The fraction of sp³-hybridized carbons (Fsp3) is 0.267. The Balaban J connectivity index is 1.28. The number of benzene rings is 3. The second-order valence-corrected chi connectivity index (χ2v) is 10.4. The summed E-state index contributed by atoms with van der Waals surface area (Å²) in [6.07, 6.45) is 1.37. The van der Waals surface area contributed by atoms with Gasteiger partial charge in [-0.3, -0.25) is 14.6 Å². The van der Waals surface area contributed by atoms with Gasteiger partial charge in [-0.05, 0) is 34.9 Å². The Bertz CT molecular complexity index is 1570. The van der Waals surface area contributed by atoms with Gasteiger partial charge in [-0.2, -0.15) is 5.01 Å². The van der Waals surface area contributed by atoms with Crippen molar-refractivity contribution in [2.24, 2.45) is 0 Å². The third-order valence-corrected chi connectivity index (χ3v) is 7.79. The highest BCUT2D eigenvalue weighted by Gasteiger charge is 2.51. The Hall–Kier alpha value is -4.90. The van der Waals surface area contributed by atoms with E-state index in [0.29, 0.717) is 13.1 Å². The smallest absolute Gasteiger partial charge is 0.332 e. The lowest BCUT2D eigenvalue weighted by Crippen LogP contribution is -2.65. The molecule has 2 atom stereocenters. The van der Waals surface area contributed by atoms with Gasteiger partial charge in [0.15, 0.2) is 0 Å². The van der Waals surface area contributed by atoms with Crippen LogP contribution in [0.4, 0.5) is 4.79 Å². The van der Waals surface area contributed by atoms with E-state index >= 15 is 0 Å². The molecule has 4 aromatic rings. The lowest BCUT2D eigenvalue weighted by atomic mass is 9.99. The van der Waals surface area contributed by atoms with Crippen LogP contribution in [0.3, 0.4) is 0 Å². The van der Waals surface area contributed by atoms with E-state index in [1.807, 2.05) is 48.5 Å². The number of imidazole rings is 1. The molecule has 41 heavy (non-hydrogen) atoms. The lowest BCUT2D eigenvalue weighted by Gasteiger charge is -2.45. The van der Waals surface area contributed by atoms with Gasteiger partial charge in [-0.1, -0.05) is 54.6 Å². The van der Waals surface area contributed by atoms with E-state index in [2.05, 4.69) is 15.3 Å². The van der Waals surface area contributed by atoms with Crippen LogP contribution in [-0.2, 0) is 29.1 Å². The van der Waals surface area contributed by atoms with Gasteiger partial charge in [0.25, 0.3) is 0 Å². The number of hydrogen-bond acceptors (Lipinski definition) is 6. The molecule has 0 aliphatic carbocycles. The number of rotatable bonds is 7. The first-order valence-electron chi connectivity index (χ1n) is 13.5. The van der Waals surface area contributed by atoms with Crippen molar-refractivity contribution in [2.45, 2.75) is 31.7 Å². The van der Waals surface area contributed by atoms with E-state index in [1.54, 1.807) is 52.4 Å². The number of para-hydroxylation sites is 1. The van der Waals surface area contributed by atoms with E-state index in [1.165, 1.54) is 5.01 Å². The van der Waals surface area contributed by atoms with E-state index in [9.17, 15) is 19.5 Å². The molecular formula is C30H31N7O4. The van der Waals surface area contributed by atoms with Crippen molar-refractivity contribution in [3.8, 4) is 5.75 Å². The first-order valence-corrected chi connectivity index (χ1v) is 13.5. The van der Waals surface area contributed by atoms with Gasteiger partial charge in [0.05, 0.1) is 30.5 Å². The van der Waals surface area contributed by atoms with Crippen molar-refractivity contribution in [3.63, 3.8) is 0 Å². The molecule has 6 rings (SSSR count). The molecule has 2 aliphatic rings. The quantitative estimate of drug-likeness (QED) is 0.323. The molecule has 0 spiro atoms. The molecule has 0 unspecified atom stereocenters. The second-order valence-electron chi connectivity index (χ2n) is 10.4. The van der Waals surface area contributed by atoms with Crippen molar-refractivity contribution >= 4 is 28.9 Å². The monoisotopic (exact) mass is 553 g/mol. The minimum Gasteiger partial charge on any atom is -0.508 e. The van der Waals surface area contributed by atoms with Gasteiger partial charge in [0.2, 0.25) is 11.8 Å². The van der Waals surface area contributed by atoms with Crippen LogP contribution in [0.5, 0.6) is 5.75 Å². The van der Waals surface area contributed by atoms with Crippen LogP contribution in [0.2, 0.25) is 0 Å². The zero-order valence-corrected chi connectivity index (χ0v) is 22.6. The Morgan fingerprint density at radius 3 is 2.61 bits per heavy atom. The summed E-state index contributed by atoms with van der Waals surface area (Å²) in [5, 5.41) is 15.8. The molecule has 4 amide bonds. The molecular weight excluding hydrogens is 522 g/mol. The Morgan fingerprint density at radius 1 is 1.05 bits per heavy atom. The minimum absolute atomic E-state index is 0.0257. The van der Waals surface area contributed by atoms with Crippen LogP contribution in [-0.4, -0.2) is 85.1 Å². The Morgan fingerprint density at radius 2 is 1.83 bits per heavy atom. The standard InChI is InChI=1S/C30H31N7O4/c1-34(30(41)31-15-21-6-3-2-4-7-21)36-18-27(39)37-25(14-20-10-12-23(38)13-11-20)29(40)35(17-26(36)37)16-22-8-5-9-24-28(22)33-19-32-24/h2-13,19,25-26,38H,14-18H2,1H3,(H,31,41)(H,32,33)/t25-,26+/m0/s1. The third-order valence-electron chi connectivity index (χ3n) is 7.79. The van der Waals surface area contributed by atoms with Gasteiger partial charge < -0.3 is 25.2 Å². The number of hydrazine groups is 1. The molecule has 210 valence electrons. The molecule has 0 radical (unpaired) electrons. The first-order chi connectivity index (χ1) is 19.9. The highest BCUT2D eigenvalue weighted by atomic mass is 16.3. The number of phenolic OH excluding ortho intramolecular Hbond substituents is 1. The van der Waals surface area contributed by atoms with Crippen LogP contribution in [0.25, 0.3) is 11.0 Å². The van der Waals surface area contributed by atoms with Gasteiger partial charge in [-0.15, -0.1) is 0 Å². The van der Waals surface area contributed by atoms with Crippen LogP contribution in [0.1, 0.15) is 16.7 Å². The number of carbonyl (C=O) groups excluding carboxylic acids is 3. The number of aromatic hydroxyl groups is 1. The molecule has 1 aromatic heterocycles. The van der Waals surface area contributed by atoms with E-state index in [4.69, 9.17) is 0 Å². The summed E-state index contributed by atoms with van der Waals surface area (Å²) in [4.78, 5) is 51.5. The highest BCUT2D eigenvalue weighted by molar-refractivity contribution is 5.92. The van der Waals surface area contributed by atoms with Crippen LogP contribution in [0, 0.1) is 0 Å². The topological polar surface area (TPSA) is 125 Å². The number of phenols is 1. The van der Waals surface area contributed by atoms with E-state index < -0.39 is 12.2 Å². The van der Waals surface area contributed by atoms with Gasteiger partial charge in [0.1, 0.15) is 18.0 Å². The molecule has 11 heteroatoms. The second kappa shape index (κ2) is 10.9. The number of fused-ring (bicyclic) bond motifs is 2. The molecule has 0 bridgehead atoms. The highest BCUT2D eigenvalue weighted by Crippen LogP contribution is 2.30. The first kappa shape index (κ1) is 26.3. The maximum atomic E-state index is 14.0. The Kier molecular flexibility index (Phi) is 7.02. The number of nitrogens with one attached hydrogen (secondary N) is 2. The van der Waals surface area contributed by atoms with Crippen molar-refractivity contribution in [1.82, 2.24) is 35.1 Å². The summed E-state index contributed by atoms with van der Waals surface area (Å²) in [5.41, 5.74) is 4.33. The fourth-order valence-corrected chi connectivity index (χ4v) is 5.67. The number of carbonyl (C=O) groups is 3. The summed E-state index contributed by atoms with van der Waals surface area (Å²) < 4.78 is 0. The molecule has 2 fully saturated rings. The van der Waals surface area contributed by atoms with E-state index in [0.717, 1.165) is 27.7 Å². The van der Waals surface area contributed by atoms with Crippen molar-refractivity contribution < 1.29 is 19.5 Å². The van der Waals surface area contributed by atoms with Crippen molar-refractivity contribution in [3.05, 3.63) is 95.8 Å². The summed E-state index contributed by atoms with van der Waals surface area (Å²) in [5.74, 6) is -0.265. The van der Waals surface area contributed by atoms with Gasteiger partial charge >= 0.3 is 6.03 Å². The van der Waals surface area contributed by atoms with Crippen LogP contribution >= 0.6 is 0 Å². The number of aromatic amines is 1. The van der Waals surface area contributed by atoms with Crippen molar-refractivity contribution in [1.29, 1.82) is 0 Å².